The largest absolute Gasteiger partial charge is 0.490 e. The topological polar surface area (TPSA) is 91.8 Å². The average Bonchev–Trinajstić information content (AvgIpc) is 3.24. The first-order valence-corrected chi connectivity index (χ1v) is 11.7. The van der Waals surface area contributed by atoms with E-state index in [1.54, 1.807) is 30.5 Å². The summed E-state index contributed by atoms with van der Waals surface area (Å²) in [5.41, 5.74) is 0.549. The van der Waals surface area contributed by atoms with Gasteiger partial charge in [0.25, 0.3) is 16.1 Å². The van der Waals surface area contributed by atoms with Crippen LogP contribution in [0, 0.1) is 0 Å². The summed E-state index contributed by atoms with van der Waals surface area (Å²) in [4.78, 5) is 16.6. The highest BCUT2D eigenvalue weighted by Gasteiger charge is 2.30. The van der Waals surface area contributed by atoms with Crippen molar-refractivity contribution in [2.24, 2.45) is 0 Å². The third-order valence-electron chi connectivity index (χ3n) is 4.78. The first-order valence-electron chi connectivity index (χ1n) is 9.42. The standard InChI is InChI=1S/C19H26N4O4S2/c1-14(19-20-10-13-28-19)21-18(24)15-4-6-16(7-5-15)27-17-8-11-23(12-9-17)29(25,26)22(2)3/h4-7,10,13-14,17H,8-9,11-12H2,1-3H3,(H,21,24)/t14-/m0/s1. The zero-order valence-electron chi connectivity index (χ0n) is 16.7. The van der Waals surface area contributed by atoms with Gasteiger partial charge < -0.3 is 10.1 Å². The number of amides is 1. The number of hydrogen-bond acceptors (Lipinski definition) is 6. The minimum Gasteiger partial charge on any atom is -0.490 e. The number of ether oxygens (including phenoxy) is 1. The Hall–Kier alpha value is -2.01. The van der Waals surface area contributed by atoms with Crippen molar-refractivity contribution in [1.82, 2.24) is 18.9 Å². The van der Waals surface area contributed by atoms with Crippen LogP contribution in [0.1, 0.15) is 41.2 Å². The van der Waals surface area contributed by atoms with Gasteiger partial charge in [0.05, 0.1) is 6.04 Å². The molecule has 10 heteroatoms. The number of aromatic nitrogens is 1. The third-order valence-corrected chi connectivity index (χ3v) is 7.68. The Kier molecular flexibility index (Phi) is 6.89. The molecule has 0 radical (unpaired) electrons. The Balaban J connectivity index is 1.51. The van der Waals surface area contributed by atoms with Crippen molar-refractivity contribution in [1.29, 1.82) is 0 Å². The highest BCUT2D eigenvalue weighted by molar-refractivity contribution is 7.86. The Bertz CT molecular complexity index is 906. The SMILES string of the molecule is C[C@H](NC(=O)c1ccc(OC2CCN(S(=O)(=O)N(C)C)CC2)cc1)c1nccs1. The second-order valence-corrected chi connectivity index (χ2v) is 10.2. The van der Waals surface area contributed by atoms with Crippen LogP contribution in [-0.4, -0.2) is 61.2 Å². The van der Waals surface area contributed by atoms with E-state index in [9.17, 15) is 13.2 Å². The molecule has 1 aliphatic heterocycles. The Labute approximate surface area is 175 Å². The molecule has 1 amide bonds. The summed E-state index contributed by atoms with van der Waals surface area (Å²) in [6, 6.07) is 6.84. The molecule has 158 valence electrons. The van der Waals surface area contributed by atoms with Crippen LogP contribution in [0.2, 0.25) is 0 Å². The molecule has 1 saturated heterocycles. The summed E-state index contributed by atoms with van der Waals surface area (Å²) < 4.78 is 33.0. The van der Waals surface area contributed by atoms with Gasteiger partial charge in [-0.2, -0.15) is 17.0 Å². The van der Waals surface area contributed by atoms with E-state index in [4.69, 9.17) is 4.74 Å². The zero-order valence-corrected chi connectivity index (χ0v) is 18.4. The fraction of sp³-hybridized carbons (Fsp3) is 0.474. The van der Waals surface area contributed by atoms with Crippen molar-refractivity contribution in [3.8, 4) is 5.75 Å². The molecule has 0 unspecified atom stereocenters. The number of rotatable bonds is 7. The van der Waals surface area contributed by atoms with Crippen molar-refractivity contribution in [2.45, 2.75) is 31.9 Å². The van der Waals surface area contributed by atoms with Crippen molar-refractivity contribution < 1.29 is 17.9 Å². The van der Waals surface area contributed by atoms with Gasteiger partial charge in [-0.3, -0.25) is 4.79 Å². The summed E-state index contributed by atoms with van der Waals surface area (Å²) in [7, 11) is -0.305. The fourth-order valence-electron chi connectivity index (χ4n) is 3.08. The molecule has 1 aliphatic rings. The second-order valence-electron chi connectivity index (χ2n) is 7.10. The van der Waals surface area contributed by atoms with Gasteiger partial charge in [0.2, 0.25) is 0 Å². The molecule has 8 nitrogen and oxygen atoms in total. The van der Waals surface area contributed by atoms with Crippen LogP contribution >= 0.6 is 11.3 Å². The predicted octanol–water partition coefficient (Wildman–Crippen LogP) is 2.28. The van der Waals surface area contributed by atoms with Crippen molar-refractivity contribution in [3.05, 3.63) is 46.4 Å². The minimum absolute atomic E-state index is 0.0480. The van der Waals surface area contributed by atoms with E-state index in [0.717, 1.165) is 5.01 Å². The van der Waals surface area contributed by atoms with Gasteiger partial charge in [-0.25, -0.2) is 4.98 Å². The number of nitrogens with zero attached hydrogens (tertiary/aromatic N) is 3. The van der Waals surface area contributed by atoms with Crippen LogP contribution in [0.5, 0.6) is 5.75 Å². The molecule has 1 aromatic heterocycles. The molecule has 2 heterocycles. The van der Waals surface area contributed by atoms with Gasteiger partial charge in [-0.05, 0) is 44.0 Å². The monoisotopic (exact) mass is 438 g/mol. The van der Waals surface area contributed by atoms with E-state index in [2.05, 4.69) is 10.3 Å². The van der Waals surface area contributed by atoms with Crippen molar-refractivity contribution in [2.75, 3.05) is 27.2 Å². The predicted molar refractivity (Wildman–Crippen MR) is 112 cm³/mol. The third kappa shape index (κ3) is 5.33. The smallest absolute Gasteiger partial charge is 0.281 e. The van der Waals surface area contributed by atoms with Gasteiger partial charge >= 0.3 is 0 Å². The van der Waals surface area contributed by atoms with Gasteiger partial charge in [-0.1, -0.05) is 0 Å². The van der Waals surface area contributed by atoms with Crippen LogP contribution in [0.15, 0.2) is 35.8 Å². The molecular formula is C19H26N4O4S2. The summed E-state index contributed by atoms with van der Waals surface area (Å²) in [5.74, 6) is 0.505. The summed E-state index contributed by atoms with van der Waals surface area (Å²) in [6.45, 7) is 2.76. The first kappa shape index (κ1) is 21.7. The Morgan fingerprint density at radius 1 is 1.28 bits per heavy atom. The molecule has 0 saturated carbocycles. The summed E-state index contributed by atoms with van der Waals surface area (Å²) >= 11 is 1.50. The lowest BCUT2D eigenvalue weighted by molar-refractivity contribution is 0.0939. The Morgan fingerprint density at radius 3 is 2.48 bits per heavy atom. The van der Waals surface area contributed by atoms with E-state index in [0.29, 0.717) is 37.2 Å². The highest BCUT2D eigenvalue weighted by atomic mass is 32.2. The van der Waals surface area contributed by atoms with E-state index in [1.807, 2.05) is 12.3 Å². The maximum Gasteiger partial charge on any atom is 0.281 e. The maximum absolute atomic E-state index is 12.4. The molecule has 0 bridgehead atoms. The number of hydrogen-bond donors (Lipinski definition) is 1. The molecule has 3 rings (SSSR count). The highest BCUT2D eigenvalue weighted by Crippen LogP contribution is 2.22. The fourth-order valence-corrected chi connectivity index (χ4v) is 4.86. The van der Waals surface area contributed by atoms with Gasteiger partial charge in [0.1, 0.15) is 16.9 Å². The van der Waals surface area contributed by atoms with E-state index >= 15 is 0 Å². The van der Waals surface area contributed by atoms with E-state index in [-0.39, 0.29) is 18.1 Å². The molecule has 1 N–H and O–H groups in total. The van der Waals surface area contributed by atoms with E-state index in [1.165, 1.54) is 34.0 Å². The lowest BCUT2D eigenvalue weighted by Crippen LogP contribution is -2.46. The van der Waals surface area contributed by atoms with Crippen molar-refractivity contribution >= 4 is 27.5 Å². The van der Waals surface area contributed by atoms with Gasteiger partial charge in [0, 0.05) is 44.3 Å². The van der Waals surface area contributed by atoms with Crippen LogP contribution in [0.4, 0.5) is 0 Å². The van der Waals surface area contributed by atoms with Crippen molar-refractivity contribution in [3.63, 3.8) is 0 Å². The quantitative estimate of drug-likeness (QED) is 0.716. The average molecular weight is 439 g/mol. The molecule has 2 aromatic rings. The number of benzene rings is 1. The molecular weight excluding hydrogens is 412 g/mol. The second kappa shape index (κ2) is 9.21. The van der Waals surface area contributed by atoms with Crippen LogP contribution in [0.25, 0.3) is 0 Å². The maximum atomic E-state index is 12.4. The van der Waals surface area contributed by atoms with Crippen LogP contribution in [0.3, 0.4) is 0 Å². The first-order chi connectivity index (χ1) is 13.8. The van der Waals surface area contributed by atoms with Crippen LogP contribution < -0.4 is 10.1 Å². The normalized spacial score (nSPS) is 17.2. The minimum atomic E-state index is -3.37. The molecule has 1 fully saturated rings. The summed E-state index contributed by atoms with van der Waals surface area (Å²) in [5, 5.41) is 5.67. The number of nitrogens with one attached hydrogen (secondary N) is 1. The number of carbonyl (C=O) groups excluding carboxylic acids is 1. The lowest BCUT2D eigenvalue weighted by Gasteiger charge is -2.32. The molecule has 0 aliphatic carbocycles. The number of piperidine rings is 1. The van der Waals surface area contributed by atoms with Crippen LogP contribution in [-0.2, 0) is 10.2 Å². The molecule has 29 heavy (non-hydrogen) atoms. The number of carbonyl (C=O) groups is 1. The number of thiazole rings is 1. The van der Waals surface area contributed by atoms with Gasteiger partial charge in [-0.15, -0.1) is 11.3 Å². The molecule has 0 spiro atoms. The molecule has 1 atom stereocenters. The molecule has 1 aromatic carbocycles. The lowest BCUT2D eigenvalue weighted by atomic mass is 10.1. The summed E-state index contributed by atoms with van der Waals surface area (Å²) in [6.07, 6.45) is 2.92. The van der Waals surface area contributed by atoms with Gasteiger partial charge in [0.15, 0.2) is 0 Å². The zero-order chi connectivity index (χ0) is 21.0. The Morgan fingerprint density at radius 2 is 1.93 bits per heavy atom. The van der Waals surface area contributed by atoms with E-state index < -0.39 is 10.2 Å².